The molecule has 21 heavy (non-hydrogen) atoms. The maximum Gasteiger partial charge on any atom is 0.225 e. The van der Waals surface area contributed by atoms with Crippen LogP contribution in [0.2, 0.25) is 0 Å². The summed E-state index contributed by atoms with van der Waals surface area (Å²) in [6.45, 7) is 4.07. The molecule has 1 aromatic carbocycles. The van der Waals surface area contributed by atoms with Crippen LogP contribution in [0.1, 0.15) is 24.3 Å². The van der Waals surface area contributed by atoms with Gasteiger partial charge in [-0.1, -0.05) is 24.3 Å². The quantitative estimate of drug-likeness (QED) is 0.755. The summed E-state index contributed by atoms with van der Waals surface area (Å²) < 4.78 is 0. The van der Waals surface area contributed by atoms with E-state index in [9.17, 15) is 4.79 Å². The fourth-order valence-electron chi connectivity index (χ4n) is 2.54. The number of amides is 1. The number of aromatic nitrogens is 1. The topological polar surface area (TPSA) is 44.9 Å². The van der Waals surface area contributed by atoms with Gasteiger partial charge < -0.3 is 10.3 Å². The van der Waals surface area contributed by atoms with Crippen molar-refractivity contribution < 1.29 is 4.79 Å². The number of carbonyl (C=O) groups is 1. The first-order valence-electron chi connectivity index (χ1n) is 6.96. The summed E-state index contributed by atoms with van der Waals surface area (Å²) in [5, 5.41) is 6.26. The molecular formula is C17H18N2OS. The molecule has 1 amide bonds. The van der Waals surface area contributed by atoms with Gasteiger partial charge in [-0.15, -0.1) is 11.3 Å². The van der Waals surface area contributed by atoms with Crippen molar-refractivity contribution in [2.75, 3.05) is 0 Å². The van der Waals surface area contributed by atoms with Gasteiger partial charge in [-0.2, -0.15) is 0 Å². The van der Waals surface area contributed by atoms with Crippen LogP contribution in [0.25, 0.3) is 10.9 Å². The standard InChI is InChI=1S/C17H18N2OS/c1-17(2,15-8-5-9-21-15)19-16(20)10-12-11-18-14-7-4-3-6-13(12)14/h3-9,11,18H,10H2,1-2H3,(H,19,20). The third kappa shape index (κ3) is 2.85. The summed E-state index contributed by atoms with van der Waals surface area (Å²) in [5.41, 5.74) is 1.76. The molecule has 0 aliphatic heterocycles. The van der Waals surface area contributed by atoms with Crippen molar-refractivity contribution in [2.24, 2.45) is 0 Å². The number of thiophene rings is 1. The second-order valence-corrected chi connectivity index (χ2v) is 6.63. The molecule has 0 unspecified atom stereocenters. The monoisotopic (exact) mass is 298 g/mol. The molecule has 3 aromatic rings. The Morgan fingerprint density at radius 2 is 2.05 bits per heavy atom. The lowest BCUT2D eigenvalue weighted by Gasteiger charge is -2.25. The fourth-order valence-corrected chi connectivity index (χ4v) is 3.35. The van der Waals surface area contributed by atoms with Gasteiger partial charge in [-0.25, -0.2) is 0 Å². The Balaban J connectivity index is 1.75. The van der Waals surface area contributed by atoms with Crippen LogP contribution in [-0.2, 0) is 16.8 Å². The highest BCUT2D eigenvalue weighted by molar-refractivity contribution is 7.10. The Labute approximate surface area is 128 Å². The highest BCUT2D eigenvalue weighted by Gasteiger charge is 2.24. The Bertz CT molecular complexity index is 756. The smallest absolute Gasteiger partial charge is 0.225 e. The lowest BCUT2D eigenvalue weighted by Crippen LogP contribution is -2.41. The highest BCUT2D eigenvalue weighted by Crippen LogP contribution is 2.25. The van der Waals surface area contributed by atoms with Crippen LogP contribution in [-0.4, -0.2) is 10.9 Å². The molecule has 2 aromatic heterocycles. The molecule has 2 N–H and O–H groups in total. The van der Waals surface area contributed by atoms with Gasteiger partial charge in [0.25, 0.3) is 0 Å². The number of carbonyl (C=O) groups excluding carboxylic acids is 1. The SMILES string of the molecule is CC(C)(NC(=O)Cc1c[nH]c2ccccc12)c1cccs1. The van der Waals surface area contributed by atoms with Gasteiger partial charge in [0.2, 0.25) is 5.91 Å². The van der Waals surface area contributed by atoms with Crippen molar-refractivity contribution in [2.45, 2.75) is 25.8 Å². The van der Waals surface area contributed by atoms with Crippen LogP contribution in [0.15, 0.2) is 48.0 Å². The van der Waals surface area contributed by atoms with E-state index in [1.165, 1.54) is 0 Å². The highest BCUT2D eigenvalue weighted by atomic mass is 32.1. The van der Waals surface area contributed by atoms with Crippen molar-refractivity contribution in [1.29, 1.82) is 0 Å². The number of para-hydroxylation sites is 1. The number of hydrogen-bond donors (Lipinski definition) is 2. The van der Waals surface area contributed by atoms with Crippen LogP contribution in [0.4, 0.5) is 0 Å². The lowest BCUT2D eigenvalue weighted by atomic mass is 10.0. The Morgan fingerprint density at radius 1 is 1.24 bits per heavy atom. The van der Waals surface area contributed by atoms with Crippen molar-refractivity contribution in [3.8, 4) is 0 Å². The normalized spacial score (nSPS) is 11.7. The molecule has 0 spiro atoms. The van der Waals surface area contributed by atoms with Gasteiger partial charge in [0.15, 0.2) is 0 Å². The first kappa shape index (κ1) is 13.9. The minimum Gasteiger partial charge on any atom is -0.361 e. The summed E-state index contributed by atoms with van der Waals surface area (Å²) in [6, 6.07) is 12.1. The first-order valence-corrected chi connectivity index (χ1v) is 7.84. The lowest BCUT2D eigenvalue weighted by molar-refractivity contribution is -0.122. The van der Waals surface area contributed by atoms with E-state index >= 15 is 0 Å². The van der Waals surface area contributed by atoms with Crippen LogP contribution in [0, 0.1) is 0 Å². The Morgan fingerprint density at radius 3 is 2.81 bits per heavy atom. The van der Waals surface area contributed by atoms with E-state index in [-0.39, 0.29) is 11.4 Å². The number of hydrogen-bond acceptors (Lipinski definition) is 2. The van der Waals surface area contributed by atoms with Gasteiger partial charge in [-0.3, -0.25) is 4.79 Å². The molecule has 0 bridgehead atoms. The number of fused-ring (bicyclic) bond motifs is 1. The van der Waals surface area contributed by atoms with E-state index in [2.05, 4.69) is 16.4 Å². The molecule has 3 nitrogen and oxygen atoms in total. The van der Waals surface area contributed by atoms with Crippen LogP contribution < -0.4 is 5.32 Å². The van der Waals surface area contributed by atoms with Crippen molar-refractivity contribution in [3.63, 3.8) is 0 Å². The fraction of sp³-hybridized carbons (Fsp3) is 0.235. The minimum atomic E-state index is -0.336. The third-order valence-electron chi connectivity index (χ3n) is 3.62. The van der Waals surface area contributed by atoms with Crippen molar-refractivity contribution >= 4 is 28.1 Å². The summed E-state index contributed by atoms with van der Waals surface area (Å²) in [5.74, 6) is 0.0400. The zero-order valence-electron chi connectivity index (χ0n) is 12.1. The molecule has 0 aliphatic carbocycles. The first-order chi connectivity index (χ1) is 10.1. The van der Waals surface area contributed by atoms with Crippen LogP contribution in [0.5, 0.6) is 0 Å². The molecule has 2 heterocycles. The van der Waals surface area contributed by atoms with Gasteiger partial charge in [0.1, 0.15) is 0 Å². The van der Waals surface area contributed by atoms with E-state index in [0.29, 0.717) is 6.42 Å². The average Bonchev–Trinajstić information content (AvgIpc) is 3.08. The van der Waals surface area contributed by atoms with E-state index in [1.807, 2.05) is 55.8 Å². The molecule has 0 saturated carbocycles. The minimum absolute atomic E-state index is 0.0400. The number of rotatable bonds is 4. The maximum absolute atomic E-state index is 12.3. The van der Waals surface area contributed by atoms with E-state index in [0.717, 1.165) is 21.3 Å². The van der Waals surface area contributed by atoms with Crippen molar-refractivity contribution in [3.05, 3.63) is 58.4 Å². The zero-order valence-corrected chi connectivity index (χ0v) is 13.0. The summed E-state index contributed by atoms with van der Waals surface area (Å²) >= 11 is 1.66. The molecule has 108 valence electrons. The van der Waals surface area contributed by atoms with Crippen LogP contribution in [0.3, 0.4) is 0 Å². The average molecular weight is 298 g/mol. The zero-order chi connectivity index (χ0) is 14.9. The van der Waals surface area contributed by atoms with Gasteiger partial charge >= 0.3 is 0 Å². The summed E-state index contributed by atoms with van der Waals surface area (Å²) in [7, 11) is 0. The van der Waals surface area contributed by atoms with E-state index < -0.39 is 0 Å². The molecular weight excluding hydrogens is 280 g/mol. The van der Waals surface area contributed by atoms with Crippen LogP contribution >= 0.6 is 11.3 Å². The number of benzene rings is 1. The number of H-pyrrole nitrogens is 1. The Kier molecular flexibility index (Phi) is 3.55. The molecule has 0 fully saturated rings. The third-order valence-corrected chi connectivity index (χ3v) is 4.81. The number of nitrogens with one attached hydrogen (secondary N) is 2. The Hall–Kier alpha value is -2.07. The second kappa shape index (κ2) is 5.37. The van der Waals surface area contributed by atoms with Crippen molar-refractivity contribution in [1.82, 2.24) is 10.3 Å². The van der Waals surface area contributed by atoms with Gasteiger partial charge in [-0.05, 0) is 36.9 Å². The van der Waals surface area contributed by atoms with E-state index in [1.54, 1.807) is 11.3 Å². The molecule has 3 rings (SSSR count). The largest absolute Gasteiger partial charge is 0.361 e. The molecule has 0 saturated heterocycles. The predicted octanol–water partition coefficient (Wildman–Crippen LogP) is 3.82. The molecule has 0 radical (unpaired) electrons. The van der Waals surface area contributed by atoms with Gasteiger partial charge in [0, 0.05) is 22.0 Å². The predicted molar refractivity (Wildman–Crippen MR) is 87.5 cm³/mol. The molecule has 4 heteroatoms. The van der Waals surface area contributed by atoms with Gasteiger partial charge in [0.05, 0.1) is 12.0 Å². The molecule has 0 aliphatic rings. The maximum atomic E-state index is 12.3. The van der Waals surface area contributed by atoms with E-state index in [4.69, 9.17) is 0 Å². The molecule has 0 atom stereocenters. The number of aromatic amines is 1. The summed E-state index contributed by atoms with van der Waals surface area (Å²) in [6.07, 6.45) is 2.31. The summed E-state index contributed by atoms with van der Waals surface area (Å²) in [4.78, 5) is 16.7. The second-order valence-electron chi connectivity index (χ2n) is 5.69.